The van der Waals surface area contributed by atoms with Gasteiger partial charge >= 0.3 is 5.97 Å². The van der Waals surface area contributed by atoms with Crippen LogP contribution in [0.25, 0.3) is 11.5 Å². The van der Waals surface area contributed by atoms with Gasteiger partial charge in [0.15, 0.2) is 12.2 Å². The first-order valence-corrected chi connectivity index (χ1v) is 9.04. The normalized spacial score (nSPS) is 16.2. The Morgan fingerprint density at radius 3 is 2.75 bits per heavy atom. The summed E-state index contributed by atoms with van der Waals surface area (Å²) in [4.78, 5) is 12.4. The molecule has 0 saturated carbocycles. The third-order valence-corrected chi connectivity index (χ3v) is 4.61. The van der Waals surface area contributed by atoms with Gasteiger partial charge in [-0.05, 0) is 55.0 Å². The molecule has 0 N–H and O–H groups in total. The summed E-state index contributed by atoms with van der Waals surface area (Å²) < 4.78 is 21.9. The Morgan fingerprint density at radius 2 is 2.00 bits per heavy atom. The van der Waals surface area contributed by atoms with Gasteiger partial charge in [0.05, 0.1) is 7.11 Å². The molecule has 28 heavy (non-hydrogen) atoms. The maximum atomic E-state index is 12.4. The van der Waals surface area contributed by atoms with Crippen LogP contribution < -0.4 is 9.47 Å². The van der Waals surface area contributed by atoms with Crippen LogP contribution in [0.3, 0.4) is 0 Å². The zero-order chi connectivity index (χ0) is 19.7. The van der Waals surface area contributed by atoms with Crippen LogP contribution >= 0.6 is 11.6 Å². The van der Waals surface area contributed by atoms with Gasteiger partial charge in [-0.1, -0.05) is 11.6 Å². The van der Waals surface area contributed by atoms with E-state index in [9.17, 15) is 4.79 Å². The van der Waals surface area contributed by atoms with Crippen molar-refractivity contribution in [3.63, 3.8) is 0 Å². The molecule has 1 aromatic heterocycles. The molecule has 0 saturated heterocycles. The lowest BCUT2D eigenvalue weighted by atomic mass is 10.1. The van der Waals surface area contributed by atoms with E-state index in [0.29, 0.717) is 23.1 Å². The first kappa shape index (κ1) is 18.3. The molecule has 2 aromatic carbocycles. The van der Waals surface area contributed by atoms with Gasteiger partial charge in [0.25, 0.3) is 5.89 Å². The smallest absolute Gasteiger partial charge is 0.348 e. The van der Waals surface area contributed by atoms with E-state index in [-0.39, 0.29) is 5.89 Å². The quantitative estimate of drug-likeness (QED) is 0.598. The van der Waals surface area contributed by atoms with Gasteiger partial charge in [-0.2, -0.15) is 0 Å². The molecule has 0 fully saturated rings. The molecule has 1 aliphatic rings. The van der Waals surface area contributed by atoms with Crippen LogP contribution in [-0.2, 0) is 16.0 Å². The largest absolute Gasteiger partial charge is 0.497 e. The number of carbonyl (C=O) groups excluding carboxylic acids is 1. The van der Waals surface area contributed by atoms with Crippen molar-refractivity contribution in [3.05, 3.63) is 58.9 Å². The van der Waals surface area contributed by atoms with Gasteiger partial charge in [-0.3, -0.25) is 0 Å². The minimum atomic E-state index is -0.722. The second kappa shape index (κ2) is 7.52. The molecule has 0 amide bonds. The van der Waals surface area contributed by atoms with E-state index in [1.807, 2.05) is 12.1 Å². The summed E-state index contributed by atoms with van der Waals surface area (Å²) in [5, 5.41) is 8.60. The Bertz CT molecular complexity index is 1000. The molecule has 0 bridgehead atoms. The number of fused-ring (bicyclic) bond motifs is 1. The summed E-state index contributed by atoms with van der Waals surface area (Å²) in [6, 6.07) is 12.5. The third kappa shape index (κ3) is 3.66. The van der Waals surface area contributed by atoms with Crippen molar-refractivity contribution in [1.82, 2.24) is 10.2 Å². The Labute approximate surface area is 166 Å². The highest BCUT2D eigenvalue weighted by Gasteiger charge is 2.32. The molecule has 1 aliphatic heterocycles. The number of carbonyl (C=O) groups is 1. The Hall–Kier alpha value is -3.06. The van der Waals surface area contributed by atoms with E-state index in [0.717, 1.165) is 16.9 Å². The summed E-state index contributed by atoms with van der Waals surface area (Å²) in [6.07, 6.45) is -1.02. The number of halogens is 1. The average molecular weight is 401 g/mol. The number of hydrogen-bond donors (Lipinski definition) is 0. The number of hydrogen-bond acceptors (Lipinski definition) is 7. The lowest BCUT2D eigenvalue weighted by molar-refractivity contribution is -0.157. The van der Waals surface area contributed by atoms with Crippen LogP contribution in [0, 0.1) is 0 Å². The zero-order valence-corrected chi connectivity index (χ0v) is 16.0. The standard InChI is InChI=1S/C20H17ClN2O5/c1-11(18-22-23-19(28-18)12-3-6-15(25-2)7-4-12)26-20(24)17-10-13-9-14(21)5-8-16(13)27-17/h3-9,11,17H,10H2,1-2H3. The van der Waals surface area contributed by atoms with Gasteiger partial charge in [0.2, 0.25) is 5.89 Å². The molecule has 0 aliphatic carbocycles. The van der Waals surface area contributed by atoms with Crippen molar-refractivity contribution in [3.8, 4) is 23.0 Å². The predicted octanol–water partition coefficient (Wildman–Crippen LogP) is 4.01. The van der Waals surface area contributed by atoms with Crippen molar-refractivity contribution in [2.24, 2.45) is 0 Å². The SMILES string of the molecule is COc1ccc(-c2nnc(C(C)OC(=O)C3Cc4cc(Cl)ccc4O3)o2)cc1. The topological polar surface area (TPSA) is 83.7 Å². The molecular formula is C20H17ClN2O5. The van der Waals surface area contributed by atoms with E-state index >= 15 is 0 Å². The number of aromatic nitrogens is 2. The van der Waals surface area contributed by atoms with Crippen molar-refractivity contribution in [2.75, 3.05) is 7.11 Å². The molecule has 2 unspecified atom stereocenters. The molecule has 0 radical (unpaired) electrons. The number of esters is 1. The Morgan fingerprint density at radius 1 is 1.21 bits per heavy atom. The highest BCUT2D eigenvalue weighted by Crippen LogP contribution is 2.32. The number of rotatable bonds is 5. The van der Waals surface area contributed by atoms with Gasteiger partial charge in [-0.15, -0.1) is 10.2 Å². The van der Waals surface area contributed by atoms with Gasteiger partial charge in [-0.25, -0.2) is 4.79 Å². The summed E-state index contributed by atoms with van der Waals surface area (Å²) >= 11 is 5.98. The molecule has 0 spiro atoms. The number of ether oxygens (including phenoxy) is 3. The molecule has 4 rings (SSSR count). The maximum absolute atomic E-state index is 12.4. The Kier molecular flexibility index (Phi) is 4.92. The lowest BCUT2D eigenvalue weighted by Gasteiger charge is -2.13. The van der Waals surface area contributed by atoms with Crippen molar-refractivity contribution in [1.29, 1.82) is 0 Å². The number of methoxy groups -OCH3 is 1. The van der Waals surface area contributed by atoms with Crippen LogP contribution in [-0.4, -0.2) is 29.4 Å². The second-order valence-electron chi connectivity index (χ2n) is 6.32. The van der Waals surface area contributed by atoms with Gasteiger partial charge < -0.3 is 18.6 Å². The molecular weight excluding hydrogens is 384 g/mol. The molecule has 2 heterocycles. The van der Waals surface area contributed by atoms with E-state index in [1.54, 1.807) is 44.4 Å². The molecule has 8 heteroatoms. The van der Waals surface area contributed by atoms with E-state index in [2.05, 4.69) is 10.2 Å². The first-order valence-electron chi connectivity index (χ1n) is 8.67. The minimum Gasteiger partial charge on any atom is -0.497 e. The minimum absolute atomic E-state index is 0.206. The highest BCUT2D eigenvalue weighted by molar-refractivity contribution is 6.30. The second-order valence-corrected chi connectivity index (χ2v) is 6.75. The maximum Gasteiger partial charge on any atom is 0.348 e. The van der Waals surface area contributed by atoms with Crippen LogP contribution in [0.1, 0.15) is 24.5 Å². The summed E-state index contributed by atoms with van der Waals surface area (Å²) in [6.45, 7) is 1.67. The summed E-state index contributed by atoms with van der Waals surface area (Å²) in [5.41, 5.74) is 1.62. The molecule has 2 atom stereocenters. The zero-order valence-electron chi connectivity index (χ0n) is 15.2. The Balaban J connectivity index is 1.40. The fraction of sp³-hybridized carbons (Fsp3) is 0.250. The number of benzene rings is 2. The summed E-state index contributed by atoms with van der Waals surface area (Å²) in [5.74, 6) is 1.41. The lowest BCUT2D eigenvalue weighted by Crippen LogP contribution is -2.28. The summed E-state index contributed by atoms with van der Waals surface area (Å²) in [7, 11) is 1.59. The van der Waals surface area contributed by atoms with Crippen molar-refractivity contribution >= 4 is 17.6 Å². The predicted molar refractivity (Wildman–Crippen MR) is 100 cm³/mol. The highest BCUT2D eigenvalue weighted by atomic mass is 35.5. The van der Waals surface area contributed by atoms with Crippen molar-refractivity contribution in [2.45, 2.75) is 25.6 Å². The van der Waals surface area contributed by atoms with Gasteiger partial charge in [0, 0.05) is 17.0 Å². The van der Waals surface area contributed by atoms with E-state index < -0.39 is 18.2 Å². The first-order chi connectivity index (χ1) is 13.5. The average Bonchev–Trinajstić information content (AvgIpc) is 3.35. The third-order valence-electron chi connectivity index (χ3n) is 4.38. The van der Waals surface area contributed by atoms with E-state index in [4.69, 9.17) is 30.2 Å². The molecule has 7 nitrogen and oxygen atoms in total. The fourth-order valence-corrected chi connectivity index (χ4v) is 3.09. The van der Waals surface area contributed by atoms with Gasteiger partial charge in [0.1, 0.15) is 11.5 Å². The van der Waals surface area contributed by atoms with E-state index in [1.165, 1.54) is 0 Å². The monoisotopic (exact) mass is 400 g/mol. The van der Waals surface area contributed by atoms with Crippen molar-refractivity contribution < 1.29 is 23.4 Å². The molecule has 3 aromatic rings. The van der Waals surface area contributed by atoms with Crippen LogP contribution in [0.4, 0.5) is 0 Å². The number of nitrogens with zero attached hydrogens (tertiary/aromatic N) is 2. The van der Waals surface area contributed by atoms with Crippen LogP contribution in [0.15, 0.2) is 46.9 Å². The van der Waals surface area contributed by atoms with Crippen LogP contribution in [0.5, 0.6) is 11.5 Å². The molecule has 144 valence electrons. The van der Waals surface area contributed by atoms with Crippen LogP contribution in [0.2, 0.25) is 5.02 Å². The fourth-order valence-electron chi connectivity index (χ4n) is 2.90.